The summed E-state index contributed by atoms with van der Waals surface area (Å²) in [7, 11) is 2.53. The highest BCUT2D eigenvalue weighted by Gasteiger charge is 2.26. The van der Waals surface area contributed by atoms with E-state index in [1.807, 2.05) is 12.2 Å². The van der Waals surface area contributed by atoms with Crippen molar-refractivity contribution in [2.75, 3.05) is 14.2 Å². The van der Waals surface area contributed by atoms with E-state index in [1.54, 1.807) is 12.1 Å². The second kappa shape index (κ2) is 4.58. The van der Waals surface area contributed by atoms with Crippen LogP contribution >= 0.6 is 0 Å². The minimum atomic E-state index is -0.585. The average Bonchev–Trinajstić information content (AvgIpc) is 2.74. The Morgan fingerprint density at radius 2 is 1.67 bits per heavy atom. The summed E-state index contributed by atoms with van der Waals surface area (Å²) in [6.07, 6.45) is 0. The van der Waals surface area contributed by atoms with Gasteiger partial charge in [0.15, 0.2) is 5.69 Å². The number of aliphatic imine (C=N–C) groups is 1. The summed E-state index contributed by atoms with van der Waals surface area (Å²) < 4.78 is 9.31. The van der Waals surface area contributed by atoms with Gasteiger partial charge in [-0.3, -0.25) is 5.32 Å². The maximum absolute atomic E-state index is 11.7. The van der Waals surface area contributed by atoms with Crippen LogP contribution in [0.3, 0.4) is 0 Å². The molecule has 2 N–H and O–H groups in total. The zero-order chi connectivity index (χ0) is 13.3. The van der Waals surface area contributed by atoms with Crippen molar-refractivity contribution in [1.82, 2.24) is 0 Å². The van der Waals surface area contributed by atoms with Crippen LogP contribution in [0.25, 0.3) is 0 Å². The molecule has 18 heavy (non-hydrogen) atoms. The van der Waals surface area contributed by atoms with E-state index in [0.717, 1.165) is 11.5 Å². The summed E-state index contributed by atoms with van der Waals surface area (Å²) in [6.45, 7) is 1.84. The first kappa shape index (κ1) is 12.3. The number of quaternary nitrogens is 1. The topological polar surface area (TPSA) is 81.6 Å². The number of rotatable bonds is 2. The molecule has 0 unspecified atom stereocenters. The standard InChI is InChI=1S/C12H12N2O4/c1-6-13-9-4-7(11(15)17-2)8(12(16)18-3)5-10(9)14-6/h4-5H,1-3H3,(H,13,14)/p+1. The lowest BCUT2D eigenvalue weighted by atomic mass is 10.1. The molecule has 6 nitrogen and oxygen atoms in total. The molecule has 2 rings (SSSR count). The van der Waals surface area contributed by atoms with Crippen LogP contribution in [-0.2, 0) is 9.47 Å². The molecule has 0 bridgehead atoms. The van der Waals surface area contributed by atoms with E-state index < -0.39 is 11.9 Å². The number of esters is 2. The minimum Gasteiger partial charge on any atom is -0.465 e. The predicted octanol–water partition coefficient (Wildman–Crippen LogP) is 0.518. The summed E-state index contributed by atoms with van der Waals surface area (Å²) >= 11 is 0. The highest BCUT2D eigenvalue weighted by molar-refractivity contribution is 6.05. The number of ether oxygens (including phenoxy) is 2. The number of methoxy groups -OCH3 is 2. The van der Waals surface area contributed by atoms with Gasteiger partial charge in [0.05, 0.1) is 25.3 Å². The van der Waals surface area contributed by atoms with Crippen LogP contribution in [0.15, 0.2) is 17.1 Å². The molecule has 6 heteroatoms. The van der Waals surface area contributed by atoms with Crippen molar-refractivity contribution in [3.05, 3.63) is 23.3 Å². The molecule has 94 valence electrons. The van der Waals surface area contributed by atoms with Crippen LogP contribution in [-0.4, -0.2) is 32.0 Å². The van der Waals surface area contributed by atoms with Gasteiger partial charge in [-0.2, -0.15) is 4.99 Å². The summed E-state index contributed by atoms with van der Waals surface area (Å²) in [5.74, 6) is -0.336. The largest absolute Gasteiger partial charge is 0.465 e. The van der Waals surface area contributed by atoms with E-state index in [2.05, 4.69) is 14.5 Å². The molecule has 1 aromatic carbocycles. The summed E-state index contributed by atoms with van der Waals surface area (Å²) in [5.41, 5.74) is 1.79. The van der Waals surface area contributed by atoms with Gasteiger partial charge in [-0.05, 0) is 6.07 Å². The van der Waals surface area contributed by atoms with Crippen molar-refractivity contribution in [3.63, 3.8) is 0 Å². The van der Waals surface area contributed by atoms with Crippen LogP contribution in [0, 0.1) is 0 Å². The van der Waals surface area contributed by atoms with Gasteiger partial charge in [0.25, 0.3) is 0 Å². The van der Waals surface area contributed by atoms with E-state index in [0.29, 0.717) is 5.69 Å². The first-order chi connectivity index (χ1) is 8.56. The third kappa shape index (κ3) is 1.98. The number of fused-ring (bicyclic) bond motifs is 1. The van der Waals surface area contributed by atoms with Crippen LogP contribution in [0.4, 0.5) is 11.4 Å². The van der Waals surface area contributed by atoms with Gasteiger partial charge >= 0.3 is 11.9 Å². The number of carbonyl (C=O) groups is 2. The number of nitrogens with zero attached hydrogens (tertiary/aromatic N) is 1. The third-order valence-corrected chi connectivity index (χ3v) is 2.64. The molecule has 0 amide bonds. The van der Waals surface area contributed by atoms with Crippen molar-refractivity contribution in [2.45, 2.75) is 6.92 Å². The lowest BCUT2D eigenvalue weighted by molar-refractivity contribution is -0.439. The fourth-order valence-electron chi connectivity index (χ4n) is 1.82. The molecule has 1 aliphatic rings. The molecule has 1 heterocycles. The Labute approximate surface area is 104 Å². The van der Waals surface area contributed by atoms with Gasteiger partial charge in [-0.15, -0.1) is 0 Å². The average molecular weight is 249 g/mol. The number of amidine groups is 1. The van der Waals surface area contributed by atoms with Crippen LogP contribution in [0.2, 0.25) is 0 Å². The number of nitrogens with two attached hydrogens (primary N) is 1. The first-order valence-corrected chi connectivity index (χ1v) is 5.31. The lowest BCUT2D eigenvalue weighted by Crippen LogP contribution is -2.79. The Morgan fingerprint density at radius 3 is 2.22 bits per heavy atom. The van der Waals surface area contributed by atoms with Gasteiger partial charge in [0.1, 0.15) is 5.69 Å². The maximum Gasteiger partial charge on any atom is 0.338 e. The second-order valence-electron chi connectivity index (χ2n) is 3.84. The Balaban J connectivity index is 2.58. The Hall–Kier alpha value is -2.21. The highest BCUT2D eigenvalue weighted by atomic mass is 16.5. The van der Waals surface area contributed by atoms with Gasteiger partial charge in [0, 0.05) is 13.0 Å². The second-order valence-corrected chi connectivity index (χ2v) is 3.84. The number of benzene rings is 1. The number of hydrogen-bond acceptors (Lipinski definition) is 5. The van der Waals surface area contributed by atoms with Crippen molar-refractivity contribution in [3.8, 4) is 0 Å². The minimum absolute atomic E-state index is 0.162. The first-order valence-electron chi connectivity index (χ1n) is 5.31. The van der Waals surface area contributed by atoms with Gasteiger partial charge in [0.2, 0.25) is 5.84 Å². The third-order valence-electron chi connectivity index (χ3n) is 2.64. The molecule has 0 saturated heterocycles. The fraction of sp³-hybridized carbons (Fsp3) is 0.250. The molecule has 0 saturated carbocycles. The Morgan fingerprint density at radius 1 is 1.11 bits per heavy atom. The zero-order valence-corrected chi connectivity index (χ0v) is 10.3. The van der Waals surface area contributed by atoms with E-state index in [9.17, 15) is 9.59 Å². The maximum atomic E-state index is 11.7. The molecule has 0 fully saturated rings. The summed E-state index contributed by atoms with van der Waals surface area (Å²) in [5, 5.41) is 1.84. The van der Waals surface area contributed by atoms with E-state index >= 15 is 0 Å². The molecule has 0 atom stereocenters. The molecule has 0 aromatic heterocycles. The molecular formula is C12H13N2O4+. The van der Waals surface area contributed by atoms with Crippen LogP contribution < -0.4 is 5.32 Å². The molecule has 1 aliphatic heterocycles. The van der Waals surface area contributed by atoms with Crippen LogP contribution in [0.5, 0.6) is 0 Å². The molecule has 0 radical (unpaired) electrons. The van der Waals surface area contributed by atoms with E-state index in [4.69, 9.17) is 0 Å². The quantitative estimate of drug-likeness (QED) is 0.612. The van der Waals surface area contributed by atoms with E-state index in [1.165, 1.54) is 14.2 Å². The Kier molecular flexibility index (Phi) is 3.12. The van der Waals surface area contributed by atoms with Crippen molar-refractivity contribution >= 4 is 29.1 Å². The SMILES string of the molecule is COC(=O)c1cc2c(cc1C(=O)OC)[NH2+]C(C)=N2. The smallest absolute Gasteiger partial charge is 0.338 e. The zero-order valence-electron chi connectivity index (χ0n) is 10.3. The normalized spacial score (nSPS) is 12.7. The monoisotopic (exact) mass is 249 g/mol. The van der Waals surface area contributed by atoms with Gasteiger partial charge in [-0.25, -0.2) is 9.59 Å². The highest BCUT2D eigenvalue weighted by Crippen LogP contribution is 2.29. The van der Waals surface area contributed by atoms with Crippen molar-refractivity contribution < 1.29 is 24.4 Å². The van der Waals surface area contributed by atoms with Crippen molar-refractivity contribution in [2.24, 2.45) is 4.99 Å². The lowest BCUT2D eigenvalue weighted by Gasteiger charge is -2.06. The number of carbonyl (C=O) groups excluding carboxylic acids is 2. The molecule has 1 aromatic rings. The van der Waals surface area contributed by atoms with E-state index in [-0.39, 0.29) is 11.1 Å². The van der Waals surface area contributed by atoms with Gasteiger partial charge in [-0.1, -0.05) is 0 Å². The summed E-state index contributed by atoms with van der Waals surface area (Å²) in [4.78, 5) is 27.6. The fourth-order valence-corrected chi connectivity index (χ4v) is 1.82. The molecule has 0 spiro atoms. The summed E-state index contributed by atoms with van der Waals surface area (Å²) in [6, 6.07) is 3.13. The van der Waals surface area contributed by atoms with Crippen LogP contribution in [0.1, 0.15) is 27.6 Å². The number of hydrogen-bond donors (Lipinski definition) is 1. The van der Waals surface area contributed by atoms with Gasteiger partial charge < -0.3 is 9.47 Å². The van der Waals surface area contributed by atoms with Crippen molar-refractivity contribution in [1.29, 1.82) is 0 Å². The molecular weight excluding hydrogens is 236 g/mol. The predicted molar refractivity (Wildman–Crippen MR) is 63.5 cm³/mol. The molecule has 0 aliphatic carbocycles. The Bertz CT molecular complexity index is 563.